The first-order chi connectivity index (χ1) is 15.0. The van der Waals surface area contributed by atoms with Crippen molar-refractivity contribution in [3.8, 4) is 11.5 Å². The number of nitrogens with one attached hydrogen (secondary N) is 1. The van der Waals surface area contributed by atoms with Gasteiger partial charge in [0.2, 0.25) is 5.91 Å². The molecule has 1 aliphatic heterocycles. The molecule has 8 heteroatoms. The zero-order chi connectivity index (χ0) is 21.7. The van der Waals surface area contributed by atoms with Crippen LogP contribution in [0.1, 0.15) is 6.42 Å². The van der Waals surface area contributed by atoms with Crippen LogP contribution in [-0.2, 0) is 14.8 Å². The lowest BCUT2D eigenvalue weighted by atomic mass is 10.2. The van der Waals surface area contributed by atoms with Crippen LogP contribution in [0.25, 0.3) is 0 Å². The highest BCUT2D eigenvalue weighted by atomic mass is 32.2. The molecule has 1 heterocycles. The van der Waals surface area contributed by atoms with Crippen LogP contribution in [0.3, 0.4) is 0 Å². The van der Waals surface area contributed by atoms with Gasteiger partial charge in [-0.2, -0.15) is 0 Å². The number of ether oxygens (including phenoxy) is 2. The summed E-state index contributed by atoms with van der Waals surface area (Å²) in [4.78, 5) is 12.9. The topological polar surface area (TPSA) is 84.9 Å². The predicted molar refractivity (Wildman–Crippen MR) is 118 cm³/mol. The van der Waals surface area contributed by atoms with Crippen molar-refractivity contribution < 1.29 is 22.7 Å². The molecule has 0 atom stereocenters. The van der Waals surface area contributed by atoms with Gasteiger partial charge in [-0.15, -0.1) is 0 Å². The summed E-state index contributed by atoms with van der Waals surface area (Å²) in [5.74, 6) is 0.693. The molecule has 160 valence electrons. The number of carbonyl (C=O) groups is 1. The van der Waals surface area contributed by atoms with Crippen LogP contribution in [-0.4, -0.2) is 34.1 Å². The number of fused-ring (bicyclic) bond motifs is 1. The van der Waals surface area contributed by atoms with Crippen molar-refractivity contribution in [3.05, 3.63) is 78.9 Å². The van der Waals surface area contributed by atoms with E-state index in [-0.39, 0.29) is 11.4 Å². The molecule has 0 saturated carbocycles. The summed E-state index contributed by atoms with van der Waals surface area (Å²) in [5.41, 5.74) is 0.902. The van der Waals surface area contributed by atoms with Gasteiger partial charge in [-0.1, -0.05) is 36.4 Å². The van der Waals surface area contributed by atoms with Crippen LogP contribution in [0.15, 0.2) is 83.8 Å². The largest absolute Gasteiger partial charge is 0.490 e. The molecule has 4 rings (SSSR count). The van der Waals surface area contributed by atoms with Crippen LogP contribution in [0.4, 0.5) is 11.4 Å². The molecule has 7 nitrogen and oxygen atoms in total. The summed E-state index contributed by atoms with van der Waals surface area (Å²) in [5, 5.41) is 2.76. The normalized spacial score (nSPS) is 13.2. The maximum absolute atomic E-state index is 13.3. The molecular weight excluding hydrogens is 416 g/mol. The van der Waals surface area contributed by atoms with E-state index in [9.17, 15) is 13.2 Å². The highest BCUT2D eigenvalue weighted by Crippen LogP contribution is 2.32. The van der Waals surface area contributed by atoms with Crippen molar-refractivity contribution in [1.29, 1.82) is 0 Å². The number of hydrogen-bond donors (Lipinski definition) is 1. The fourth-order valence-corrected chi connectivity index (χ4v) is 4.64. The molecule has 0 saturated heterocycles. The highest BCUT2D eigenvalue weighted by Gasteiger charge is 2.27. The first-order valence-electron chi connectivity index (χ1n) is 9.86. The van der Waals surface area contributed by atoms with E-state index in [0.717, 1.165) is 10.7 Å². The lowest BCUT2D eigenvalue weighted by Crippen LogP contribution is -2.38. The molecule has 0 bridgehead atoms. The van der Waals surface area contributed by atoms with Crippen LogP contribution in [0.2, 0.25) is 0 Å². The number of carbonyl (C=O) groups excluding carboxylic acids is 1. The van der Waals surface area contributed by atoms with Gasteiger partial charge < -0.3 is 14.8 Å². The van der Waals surface area contributed by atoms with Crippen LogP contribution < -0.4 is 19.1 Å². The summed E-state index contributed by atoms with van der Waals surface area (Å²) >= 11 is 0. The third-order valence-electron chi connectivity index (χ3n) is 4.69. The SMILES string of the molecule is O=C(CN(c1ccccc1)S(=O)(=O)c1ccccc1)Nc1ccc2c(c1)OCCCO2. The van der Waals surface area contributed by atoms with Gasteiger partial charge in [-0.05, 0) is 36.4 Å². The van der Waals surface area contributed by atoms with Crippen molar-refractivity contribution in [2.24, 2.45) is 0 Å². The monoisotopic (exact) mass is 438 g/mol. The maximum atomic E-state index is 13.3. The Kier molecular flexibility index (Phi) is 6.08. The Bertz CT molecular complexity index is 1150. The van der Waals surface area contributed by atoms with Crippen molar-refractivity contribution in [1.82, 2.24) is 0 Å². The molecular formula is C23H22N2O5S. The van der Waals surface area contributed by atoms with Gasteiger partial charge in [0.1, 0.15) is 6.54 Å². The second-order valence-electron chi connectivity index (χ2n) is 6.92. The summed E-state index contributed by atoms with van der Waals surface area (Å²) in [6, 6.07) is 21.7. The molecule has 0 spiro atoms. The number of hydrogen-bond acceptors (Lipinski definition) is 5. The first-order valence-corrected chi connectivity index (χ1v) is 11.3. The quantitative estimate of drug-likeness (QED) is 0.635. The van der Waals surface area contributed by atoms with Crippen molar-refractivity contribution in [3.63, 3.8) is 0 Å². The van der Waals surface area contributed by atoms with Gasteiger partial charge in [0, 0.05) is 18.2 Å². The predicted octanol–water partition coefficient (Wildman–Crippen LogP) is 3.68. The van der Waals surface area contributed by atoms with Gasteiger partial charge in [-0.3, -0.25) is 9.10 Å². The number of rotatable bonds is 6. The third-order valence-corrected chi connectivity index (χ3v) is 6.48. The molecule has 0 unspecified atom stereocenters. The lowest BCUT2D eigenvalue weighted by Gasteiger charge is -2.24. The zero-order valence-electron chi connectivity index (χ0n) is 16.7. The summed E-state index contributed by atoms with van der Waals surface area (Å²) in [6.07, 6.45) is 0.778. The van der Waals surface area contributed by atoms with Gasteiger partial charge >= 0.3 is 0 Å². The first kappa shape index (κ1) is 20.7. The molecule has 0 fully saturated rings. The van der Waals surface area contributed by atoms with Gasteiger partial charge in [0.25, 0.3) is 10.0 Å². The third kappa shape index (κ3) is 4.80. The van der Waals surface area contributed by atoms with E-state index in [0.29, 0.717) is 36.1 Å². The lowest BCUT2D eigenvalue weighted by molar-refractivity contribution is -0.114. The van der Waals surface area contributed by atoms with Gasteiger partial charge in [-0.25, -0.2) is 8.42 Å². The average Bonchev–Trinajstić information content (AvgIpc) is 3.03. The van der Waals surface area contributed by atoms with Crippen LogP contribution in [0, 0.1) is 0 Å². The van der Waals surface area contributed by atoms with Crippen molar-refractivity contribution >= 4 is 27.3 Å². The van der Waals surface area contributed by atoms with Gasteiger partial charge in [0.15, 0.2) is 11.5 Å². The minimum absolute atomic E-state index is 0.113. The molecule has 3 aromatic carbocycles. The number of benzene rings is 3. The molecule has 0 aliphatic carbocycles. The van der Waals surface area contributed by atoms with E-state index >= 15 is 0 Å². The Hall–Kier alpha value is -3.52. The average molecular weight is 439 g/mol. The van der Waals surface area contributed by atoms with E-state index in [1.807, 2.05) is 0 Å². The minimum atomic E-state index is -3.93. The molecule has 31 heavy (non-hydrogen) atoms. The van der Waals surface area contributed by atoms with E-state index in [4.69, 9.17) is 9.47 Å². The Labute approximate surface area is 181 Å². The zero-order valence-corrected chi connectivity index (χ0v) is 17.5. The van der Waals surface area contributed by atoms with Crippen LogP contribution in [0.5, 0.6) is 11.5 Å². The minimum Gasteiger partial charge on any atom is -0.490 e. The Balaban J connectivity index is 1.58. The number of nitrogens with zero attached hydrogens (tertiary/aromatic N) is 1. The standard InChI is InChI=1S/C23H22N2O5S/c26-23(24-18-12-13-21-22(16-18)30-15-7-14-29-21)17-25(19-8-3-1-4-9-19)31(27,28)20-10-5-2-6-11-20/h1-6,8-13,16H,7,14-15,17H2,(H,24,26). The Morgan fingerprint density at radius 3 is 2.23 bits per heavy atom. The number of sulfonamides is 1. The molecule has 0 radical (unpaired) electrons. The second-order valence-corrected chi connectivity index (χ2v) is 8.78. The molecule has 3 aromatic rings. The molecule has 1 N–H and O–H groups in total. The fraction of sp³-hybridized carbons (Fsp3) is 0.174. The number of amides is 1. The fourth-order valence-electron chi connectivity index (χ4n) is 3.20. The smallest absolute Gasteiger partial charge is 0.264 e. The Morgan fingerprint density at radius 1 is 0.871 bits per heavy atom. The van der Waals surface area contributed by atoms with Crippen LogP contribution >= 0.6 is 0 Å². The molecule has 1 aliphatic rings. The summed E-state index contributed by atoms with van der Waals surface area (Å²) in [6.45, 7) is 0.722. The van der Waals surface area contributed by atoms with Crippen molar-refractivity contribution in [2.75, 3.05) is 29.4 Å². The van der Waals surface area contributed by atoms with E-state index in [2.05, 4.69) is 5.32 Å². The summed E-state index contributed by atoms with van der Waals surface area (Å²) in [7, 11) is -3.93. The summed E-state index contributed by atoms with van der Waals surface area (Å²) < 4.78 is 38.9. The van der Waals surface area contributed by atoms with Crippen molar-refractivity contribution in [2.45, 2.75) is 11.3 Å². The van der Waals surface area contributed by atoms with E-state index < -0.39 is 15.9 Å². The molecule has 0 aromatic heterocycles. The Morgan fingerprint density at radius 2 is 1.52 bits per heavy atom. The highest BCUT2D eigenvalue weighted by molar-refractivity contribution is 7.92. The van der Waals surface area contributed by atoms with Gasteiger partial charge in [0.05, 0.1) is 23.8 Å². The maximum Gasteiger partial charge on any atom is 0.264 e. The molecule has 1 amide bonds. The van der Waals surface area contributed by atoms with E-state index in [1.165, 1.54) is 12.1 Å². The number of anilines is 2. The number of para-hydroxylation sites is 1. The van der Waals surface area contributed by atoms with E-state index in [1.54, 1.807) is 66.7 Å². The second kappa shape index (κ2) is 9.09.